The molecule has 0 atom stereocenters. The van der Waals surface area contributed by atoms with E-state index in [1.807, 2.05) is 12.1 Å². The molecule has 4 nitrogen and oxygen atoms in total. The lowest BCUT2D eigenvalue weighted by Crippen LogP contribution is -2.45. The van der Waals surface area contributed by atoms with Crippen LogP contribution in [-0.4, -0.2) is 17.9 Å². The van der Waals surface area contributed by atoms with E-state index in [2.05, 4.69) is 11.1 Å². The molecule has 15 heavy (non-hydrogen) atoms. The van der Waals surface area contributed by atoms with Crippen LogP contribution >= 0.6 is 0 Å². The highest BCUT2D eigenvalue weighted by atomic mass is 16.2. The van der Waals surface area contributed by atoms with E-state index in [1.54, 1.807) is 13.2 Å². The maximum Gasteiger partial charge on any atom is 0.248 e. The number of aromatic amines is 1. The number of carbonyl (C=O) groups excluding carboxylic acids is 1. The van der Waals surface area contributed by atoms with Crippen molar-refractivity contribution in [3.05, 3.63) is 18.3 Å². The lowest BCUT2D eigenvalue weighted by atomic mass is 9.69. The topological polar surface area (TPSA) is 59.9 Å². The van der Waals surface area contributed by atoms with Gasteiger partial charge in [-0.3, -0.25) is 4.79 Å². The van der Waals surface area contributed by atoms with Crippen molar-refractivity contribution >= 4 is 11.7 Å². The van der Waals surface area contributed by atoms with Crippen LogP contribution in [0, 0.1) is 16.7 Å². The van der Waals surface area contributed by atoms with Crippen LogP contribution in [0.3, 0.4) is 0 Å². The summed E-state index contributed by atoms with van der Waals surface area (Å²) < 4.78 is 0. The molecule has 1 aromatic heterocycles. The number of anilines is 1. The monoisotopic (exact) mass is 203 g/mol. The molecule has 1 aliphatic carbocycles. The smallest absolute Gasteiger partial charge is 0.248 e. The van der Waals surface area contributed by atoms with Crippen LogP contribution in [0.2, 0.25) is 0 Å². The Morgan fingerprint density at radius 2 is 2.40 bits per heavy atom. The summed E-state index contributed by atoms with van der Waals surface area (Å²) in [6, 6.07) is 5.81. The first kappa shape index (κ1) is 9.78. The fraction of sp³-hybridized carbons (Fsp3) is 0.455. The molecule has 0 unspecified atom stereocenters. The molecule has 0 saturated heterocycles. The molecule has 1 aliphatic rings. The Kier molecular flexibility index (Phi) is 2.24. The maximum atomic E-state index is 12.1. The zero-order chi connectivity index (χ0) is 10.9. The highest BCUT2D eigenvalue weighted by molar-refractivity contribution is 5.98. The normalized spacial score (nSPS) is 17.6. The molecule has 1 amide bonds. The largest absolute Gasteiger partial charge is 0.348 e. The average molecular weight is 203 g/mol. The van der Waals surface area contributed by atoms with E-state index >= 15 is 0 Å². The minimum absolute atomic E-state index is 0.0984. The van der Waals surface area contributed by atoms with Crippen molar-refractivity contribution in [2.75, 3.05) is 11.9 Å². The van der Waals surface area contributed by atoms with Gasteiger partial charge in [0, 0.05) is 13.2 Å². The maximum absolute atomic E-state index is 12.1. The summed E-state index contributed by atoms with van der Waals surface area (Å²) in [5.41, 5.74) is -0.764. The van der Waals surface area contributed by atoms with Gasteiger partial charge in [0.25, 0.3) is 0 Å². The fourth-order valence-electron chi connectivity index (χ4n) is 1.86. The molecule has 1 saturated carbocycles. The molecular weight excluding hydrogens is 190 g/mol. The second-order valence-corrected chi connectivity index (χ2v) is 3.97. The van der Waals surface area contributed by atoms with Gasteiger partial charge in [0.2, 0.25) is 5.91 Å². The Balaban J connectivity index is 2.18. The summed E-state index contributed by atoms with van der Waals surface area (Å²) >= 11 is 0. The molecule has 1 N–H and O–H groups in total. The van der Waals surface area contributed by atoms with Crippen LogP contribution in [0.1, 0.15) is 19.3 Å². The first-order chi connectivity index (χ1) is 7.19. The van der Waals surface area contributed by atoms with Gasteiger partial charge in [-0.2, -0.15) is 5.26 Å². The Morgan fingerprint density at radius 3 is 2.80 bits per heavy atom. The van der Waals surface area contributed by atoms with E-state index in [9.17, 15) is 4.79 Å². The van der Waals surface area contributed by atoms with E-state index in [4.69, 9.17) is 5.26 Å². The predicted octanol–water partition coefficient (Wildman–Crippen LogP) is 1.67. The third kappa shape index (κ3) is 1.40. The Bertz CT molecular complexity index is 398. The summed E-state index contributed by atoms with van der Waals surface area (Å²) in [7, 11) is 1.70. The Morgan fingerprint density at radius 1 is 1.67 bits per heavy atom. The quantitative estimate of drug-likeness (QED) is 0.794. The predicted molar refractivity (Wildman–Crippen MR) is 56.1 cm³/mol. The lowest BCUT2D eigenvalue weighted by Gasteiger charge is -2.36. The first-order valence-electron chi connectivity index (χ1n) is 5.02. The number of carbonyl (C=O) groups is 1. The zero-order valence-corrected chi connectivity index (χ0v) is 8.66. The van der Waals surface area contributed by atoms with Crippen molar-refractivity contribution in [3.8, 4) is 6.07 Å². The standard InChI is InChI=1S/C11H13N3O/c1-14(9-4-2-7-13-9)10(15)11(8-12)5-3-6-11/h2,4,7,13H,3,5-6H2,1H3. The van der Waals surface area contributed by atoms with E-state index < -0.39 is 5.41 Å². The molecule has 0 bridgehead atoms. The van der Waals surface area contributed by atoms with Crippen LogP contribution in [0.25, 0.3) is 0 Å². The Labute approximate surface area is 88.5 Å². The van der Waals surface area contributed by atoms with Crippen LogP contribution < -0.4 is 4.90 Å². The van der Waals surface area contributed by atoms with Crippen LogP contribution in [0.15, 0.2) is 18.3 Å². The molecule has 0 radical (unpaired) electrons. The number of amides is 1. The number of nitrogens with one attached hydrogen (secondary N) is 1. The van der Waals surface area contributed by atoms with Crippen molar-refractivity contribution in [1.82, 2.24) is 4.98 Å². The number of nitrogens with zero attached hydrogens (tertiary/aromatic N) is 2. The fourth-order valence-corrected chi connectivity index (χ4v) is 1.86. The first-order valence-corrected chi connectivity index (χ1v) is 5.02. The lowest BCUT2D eigenvalue weighted by molar-refractivity contribution is -0.128. The second kappa shape index (κ2) is 3.43. The van der Waals surface area contributed by atoms with Gasteiger partial charge in [-0.15, -0.1) is 0 Å². The molecule has 2 rings (SSSR count). The van der Waals surface area contributed by atoms with E-state index in [1.165, 1.54) is 4.90 Å². The van der Waals surface area contributed by atoms with E-state index in [0.717, 1.165) is 12.2 Å². The average Bonchev–Trinajstić information content (AvgIpc) is 2.68. The van der Waals surface area contributed by atoms with E-state index in [-0.39, 0.29) is 5.91 Å². The highest BCUT2D eigenvalue weighted by Gasteiger charge is 2.46. The number of rotatable bonds is 2. The van der Waals surface area contributed by atoms with Gasteiger partial charge >= 0.3 is 0 Å². The number of hydrogen-bond donors (Lipinski definition) is 1. The molecule has 0 aromatic carbocycles. The number of aromatic nitrogens is 1. The minimum atomic E-state index is -0.764. The van der Waals surface area contributed by atoms with Crippen molar-refractivity contribution in [2.45, 2.75) is 19.3 Å². The summed E-state index contributed by atoms with van der Waals surface area (Å²) in [5, 5.41) is 9.05. The molecule has 1 aromatic rings. The van der Waals surface area contributed by atoms with Gasteiger partial charge in [0.15, 0.2) is 0 Å². The molecular formula is C11H13N3O. The minimum Gasteiger partial charge on any atom is -0.348 e. The second-order valence-electron chi connectivity index (χ2n) is 3.97. The number of nitriles is 1. The molecule has 78 valence electrons. The number of H-pyrrole nitrogens is 1. The SMILES string of the molecule is CN(C(=O)C1(C#N)CCC1)c1ccc[nH]1. The van der Waals surface area contributed by atoms with Gasteiger partial charge < -0.3 is 9.88 Å². The van der Waals surface area contributed by atoms with Crippen LogP contribution in [0.5, 0.6) is 0 Å². The highest BCUT2D eigenvalue weighted by Crippen LogP contribution is 2.42. The Hall–Kier alpha value is -1.76. The van der Waals surface area contributed by atoms with Gasteiger partial charge in [-0.1, -0.05) is 0 Å². The van der Waals surface area contributed by atoms with Crippen molar-refractivity contribution < 1.29 is 4.79 Å². The summed E-state index contributed by atoms with van der Waals surface area (Å²) in [5.74, 6) is 0.639. The third-order valence-electron chi connectivity index (χ3n) is 3.08. The summed E-state index contributed by atoms with van der Waals surface area (Å²) in [4.78, 5) is 16.5. The molecule has 1 fully saturated rings. The molecule has 0 spiro atoms. The van der Waals surface area contributed by atoms with Gasteiger partial charge in [-0.25, -0.2) is 0 Å². The van der Waals surface area contributed by atoms with Gasteiger partial charge in [0.1, 0.15) is 11.2 Å². The molecule has 1 heterocycles. The molecule has 4 heteroatoms. The van der Waals surface area contributed by atoms with Crippen molar-refractivity contribution in [1.29, 1.82) is 5.26 Å². The van der Waals surface area contributed by atoms with Crippen molar-refractivity contribution in [3.63, 3.8) is 0 Å². The van der Waals surface area contributed by atoms with Gasteiger partial charge in [-0.05, 0) is 31.4 Å². The summed E-state index contributed by atoms with van der Waals surface area (Å²) in [6.07, 6.45) is 4.11. The zero-order valence-electron chi connectivity index (χ0n) is 8.66. The number of hydrogen-bond acceptors (Lipinski definition) is 2. The van der Waals surface area contributed by atoms with Gasteiger partial charge in [0.05, 0.1) is 6.07 Å². The third-order valence-corrected chi connectivity index (χ3v) is 3.08. The van der Waals surface area contributed by atoms with E-state index in [0.29, 0.717) is 12.8 Å². The van der Waals surface area contributed by atoms with Crippen LogP contribution in [0.4, 0.5) is 5.82 Å². The molecule has 0 aliphatic heterocycles. The summed E-state index contributed by atoms with van der Waals surface area (Å²) in [6.45, 7) is 0. The van der Waals surface area contributed by atoms with Crippen molar-refractivity contribution in [2.24, 2.45) is 5.41 Å². The van der Waals surface area contributed by atoms with Crippen LogP contribution in [-0.2, 0) is 4.79 Å².